The van der Waals surface area contributed by atoms with E-state index in [1.165, 1.54) is 12.4 Å². The summed E-state index contributed by atoms with van der Waals surface area (Å²) in [4.78, 5) is 0. The molecule has 0 spiro atoms. The maximum Gasteiger partial charge on any atom is 0.155 e. The lowest BCUT2D eigenvalue weighted by atomic mass is 10.4. The summed E-state index contributed by atoms with van der Waals surface area (Å²) in [6.45, 7) is 0. The van der Waals surface area contributed by atoms with Crippen LogP contribution in [0.3, 0.4) is 0 Å². The third kappa shape index (κ3) is 2.18. The Morgan fingerprint density at radius 2 is 2.40 bits per heavy atom. The van der Waals surface area contributed by atoms with Crippen LogP contribution in [0.4, 0.5) is 0 Å². The molecule has 5 heteroatoms. The van der Waals surface area contributed by atoms with E-state index in [4.69, 9.17) is 0 Å². The first-order chi connectivity index (χ1) is 4.58. The number of aromatic amines is 1. The Bertz CT molecular complexity index is 287. The number of nitrogens with one attached hydrogen (secondary N) is 1. The number of rotatable bonds is 2. The zero-order valence-corrected chi connectivity index (χ0v) is 6.06. The van der Waals surface area contributed by atoms with E-state index in [0.29, 0.717) is 5.56 Å². The molecule has 1 aromatic rings. The average molecular weight is 159 g/mol. The molecule has 0 saturated carbocycles. The summed E-state index contributed by atoms with van der Waals surface area (Å²) < 4.78 is 21.1. The Morgan fingerprint density at radius 3 is 2.80 bits per heavy atom. The fraction of sp³-hybridized carbons (Fsp3) is 0.200. The quantitative estimate of drug-likeness (QED) is 0.666. The normalized spacial score (nSPS) is 11.7. The van der Waals surface area contributed by atoms with Gasteiger partial charge in [0.15, 0.2) is 9.84 Å². The molecule has 1 aromatic heterocycles. The van der Waals surface area contributed by atoms with Crippen LogP contribution in [0, 0.1) is 6.26 Å². The van der Waals surface area contributed by atoms with Crippen LogP contribution in [-0.2, 0) is 15.6 Å². The second-order valence-corrected chi connectivity index (χ2v) is 3.77. The maximum absolute atomic E-state index is 10.5. The Morgan fingerprint density at radius 1 is 1.70 bits per heavy atom. The molecule has 1 heterocycles. The first-order valence-corrected chi connectivity index (χ1v) is 4.43. The van der Waals surface area contributed by atoms with Gasteiger partial charge in [-0.3, -0.25) is 5.10 Å². The fourth-order valence-electron chi connectivity index (χ4n) is 0.610. The molecule has 0 saturated heterocycles. The standard InChI is InChI=1S/C5H7N2O2S/c1-10(8,9)4-5-2-6-7-3-5/h2-3H,1,4H2,(H,6,7). The summed E-state index contributed by atoms with van der Waals surface area (Å²) in [6, 6.07) is 0. The van der Waals surface area contributed by atoms with Crippen LogP contribution in [0.25, 0.3) is 0 Å². The van der Waals surface area contributed by atoms with E-state index in [1.54, 1.807) is 0 Å². The van der Waals surface area contributed by atoms with Gasteiger partial charge in [0.25, 0.3) is 0 Å². The molecule has 1 rings (SSSR count). The van der Waals surface area contributed by atoms with Gasteiger partial charge in [0.2, 0.25) is 0 Å². The van der Waals surface area contributed by atoms with Gasteiger partial charge in [-0.1, -0.05) is 0 Å². The lowest BCUT2D eigenvalue weighted by Crippen LogP contribution is -1.96. The van der Waals surface area contributed by atoms with Gasteiger partial charge < -0.3 is 0 Å². The molecule has 0 aliphatic carbocycles. The smallest absolute Gasteiger partial charge is 0.155 e. The number of aromatic nitrogens is 2. The highest BCUT2D eigenvalue weighted by atomic mass is 32.2. The van der Waals surface area contributed by atoms with Crippen molar-refractivity contribution in [2.24, 2.45) is 0 Å². The van der Waals surface area contributed by atoms with E-state index < -0.39 is 9.84 Å². The minimum atomic E-state index is -3.16. The Kier molecular flexibility index (Phi) is 1.76. The molecule has 0 unspecified atom stereocenters. The first kappa shape index (κ1) is 7.27. The minimum Gasteiger partial charge on any atom is -0.285 e. The number of hydrogen-bond acceptors (Lipinski definition) is 3. The highest BCUT2D eigenvalue weighted by Gasteiger charge is 2.03. The first-order valence-electron chi connectivity index (χ1n) is 2.61. The SMILES string of the molecule is [CH2]S(=O)(=O)Cc1cn[nH]c1. The topological polar surface area (TPSA) is 62.8 Å². The van der Waals surface area contributed by atoms with Crippen molar-refractivity contribution < 1.29 is 8.42 Å². The molecule has 1 radical (unpaired) electrons. The van der Waals surface area contributed by atoms with Crippen molar-refractivity contribution in [2.75, 3.05) is 0 Å². The molecule has 0 amide bonds. The molecule has 55 valence electrons. The summed E-state index contributed by atoms with van der Waals surface area (Å²) >= 11 is 0. The Labute approximate surface area is 59.2 Å². The van der Waals surface area contributed by atoms with E-state index in [2.05, 4.69) is 16.5 Å². The van der Waals surface area contributed by atoms with E-state index in [1.807, 2.05) is 0 Å². The summed E-state index contributed by atoms with van der Waals surface area (Å²) in [5, 5.41) is 6.10. The van der Waals surface area contributed by atoms with Gasteiger partial charge in [-0.2, -0.15) is 5.10 Å². The van der Waals surface area contributed by atoms with E-state index in [0.717, 1.165) is 0 Å². The zero-order valence-electron chi connectivity index (χ0n) is 5.24. The molecule has 0 aliphatic heterocycles. The Hall–Kier alpha value is -0.840. The highest BCUT2D eigenvalue weighted by Crippen LogP contribution is 2.00. The monoisotopic (exact) mass is 159 g/mol. The second-order valence-electron chi connectivity index (χ2n) is 1.99. The van der Waals surface area contributed by atoms with Crippen molar-refractivity contribution in [3.63, 3.8) is 0 Å². The van der Waals surface area contributed by atoms with Crippen LogP contribution in [0.1, 0.15) is 5.56 Å². The molecule has 10 heavy (non-hydrogen) atoms. The third-order valence-corrected chi connectivity index (χ3v) is 1.71. The molecule has 0 atom stereocenters. The average Bonchev–Trinajstić information content (AvgIpc) is 2.12. The van der Waals surface area contributed by atoms with Crippen molar-refractivity contribution in [2.45, 2.75) is 5.75 Å². The van der Waals surface area contributed by atoms with Crippen molar-refractivity contribution >= 4 is 9.84 Å². The van der Waals surface area contributed by atoms with Crippen molar-refractivity contribution in [3.05, 3.63) is 24.2 Å². The molecule has 0 bridgehead atoms. The Balaban J connectivity index is 2.75. The van der Waals surface area contributed by atoms with Gasteiger partial charge in [0, 0.05) is 11.8 Å². The van der Waals surface area contributed by atoms with Gasteiger partial charge in [-0.25, -0.2) is 8.42 Å². The zero-order chi connectivity index (χ0) is 7.61. The van der Waals surface area contributed by atoms with Crippen LogP contribution in [-0.4, -0.2) is 18.6 Å². The lowest BCUT2D eigenvalue weighted by molar-refractivity contribution is 0.603. The van der Waals surface area contributed by atoms with Gasteiger partial charge in [-0.15, -0.1) is 0 Å². The van der Waals surface area contributed by atoms with E-state index in [9.17, 15) is 8.42 Å². The third-order valence-electron chi connectivity index (χ3n) is 0.941. The van der Waals surface area contributed by atoms with Gasteiger partial charge in [0.1, 0.15) is 0 Å². The predicted octanol–water partition coefficient (Wildman–Crippen LogP) is 0.116. The lowest BCUT2D eigenvalue weighted by Gasteiger charge is -1.89. The van der Waals surface area contributed by atoms with Crippen molar-refractivity contribution in [1.29, 1.82) is 0 Å². The number of H-pyrrole nitrogens is 1. The molecule has 1 N–H and O–H groups in total. The number of nitrogens with zero attached hydrogens (tertiary/aromatic N) is 1. The second kappa shape index (κ2) is 2.42. The van der Waals surface area contributed by atoms with Crippen molar-refractivity contribution in [1.82, 2.24) is 10.2 Å². The van der Waals surface area contributed by atoms with E-state index in [-0.39, 0.29) is 5.75 Å². The predicted molar refractivity (Wildman–Crippen MR) is 36.6 cm³/mol. The summed E-state index contributed by atoms with van der Waals surface area (Å²) in [5.74, 6) is -0.0521. The van der Waals surface area contributed by atoms with Gasteiger partial charge in [-0.05, 0) is 0 Å². The fourth-order valence-corrected chi connectivity index (χ4v) is 1.28. The molecular formula is C5H7N2O2S. The molecular weight excluding hydrogens is 152 g/mol. The van der Waals surface area contributed by atoms with Crippen LogP contribution in [0.15, 0.2) is 12.4 Å². The van der Waals surface area contributed by atoms with E-state index >= 15 is 0 Å². The van der Waals surface area contributed by atoms with Gasteiger partial charge >= 0.3 is 0 Å². The van der Waals surface area contributed by atoms with Crippen LogP contribution < -0.4 is 0 Å². The summed E-state index contributed by atoms with van der Waals surface area (Å²) in [5.41, 5.74) is 0.634. The largest absolute Gasteiger partial charge is 0.285 e. The van der Waals surface area contributed by atoms with Crippen LogP contribution in [0.5, 0.6) is 0 Å². The highest BCUT2D eigenvalue weighted by molar-refractivity contribution is 7.91. The minimum absolute atomic E-state index is 0.0521. The van der Waals surface area contributed by atoms with Crippen LogP contribution in [0.2, 0.25) is 0 Å². The molecule has 0 aliphatic rings. The number of sulfone groups is 1. The van der Waals surface area contributed by atoms with Crippen LogP contribution >= 0.6 is 0 Å². The molecule has 4 nitrogen and oxygen atoms in total. The molecule has 0 fully saturated rings. The number of hydrogen-bond donors (Lipinski definition) is 1. The maximum atomic E-state index is 10.5. The molecule has 0 aromatic carbocycles. The van der Waals surface area contributed by atoms with Gasteiger partial charge in [0.05, 0.1) is 18.2 Å². The summed E-state index contributed by atoms with van der Waals surface area (Å²) in [7, 11) is -3.16. The summed E-state index contributed by atoms with van der Waals surface area (Å²) in [6.07, 6.45) is 5.97. The van der Waals surface area contributed by atoms with Crippen molar-refractivity contribution in [3.8, 4) is 0 Å².